The van der Waals surface area contributed by atoms with Gasteiger partial charge in [0, 0.05) is 6.07 Å². The maximum Gasteiger partial charge on any atom is 0.423 e. The Kier molecular flexibility index (Phi) is 2.99. The van der Waals surface area contributed by atoms with Crippen molar-refractivity contribution in [2.45, 2.75) is 0 Å². The molecular weight excluding hydrogens is 246 g/mol. The van der Waals surface area contributed by atoms with Crippen molar-refractivity contribution in [1.82, 2.24) is 0 Å². The van der Waals surface area contributed by atoms with Crippen LogP contribution < -0.4 is 0 Å². The van der Waals surface area contributed by atoms with Crippen LogP contribution >= 0.6 is 11.6 Å². The van der Waals surface area contributed by atoms with Crippen molar-refractivity contribution in [3.05, 3.63) is 47.5 Å². The number of hydrogen-bond donors (Lipinski definition) is 0. The van der Waals surface area contributed by atoms with E-state index in [0.29, 0.717) is 0 Å². The Morgan fingerprint density at radius 1 is 0.875 bits per heavy atom. The molecule has 0 fully saturated rings. The van der Waals surface area contributed by atoms with Gasteiger partial charge in [-0.2, -0.15) is 0 Å². The summed E-state index contributed by atoms with van der Waals surface area (Å²) in [6.45, 7) is 0. The summed E-state index contributed by atoms with van der Waals surface area (Å²) in [5, 5.41) is 31.0. The fourth-order valence-corrected chi connectivity index (χ4v) is 1.27. The summed E-state index contributed by atoms with van der Waals surface area (Å²) in [7, 11) is 0. The van der Waals surface area contributed by atoms with Crippen molar-refractivity contribution in [3.8, 4) is 0 Å². The van der Waals surface area contributed by atoms with Gasteiger partial charge >= 0.3 is 17.1 Å². The summed E-state index contributed by atoms with van der Waals surface area (Å²) in [5.74, 6) is 0. The molecule has 9 nitrogen and oxygen atoms in total. The van der Waals surface area contributed by atoms with Crippen LogP contribution in [0.5, 0.6) is 0 Å². The number of nitro groups is 3. The number of hydrogen-bond acceptors (Lipinski definition) is 6. The van der Waals surface area contributed by atoms with E-state index in [2.05, 4.69) is 0 Å². The van der Waals surface area contributed by atoms with Gasteiger partial charge in [-0.25, -0.2) is 0 Å². The van der Waals surface area contributed by atoms with Crippen molar-refractivity contribution in [3.63, 3.8) is 0 Å². The van der Waals surface area contributed by atoms with Gasteiger partial charge in [0.05, 0.1) is 14.8 Å². The highest BCUT2D eigenvalue weighted by molar-refractivity contribution is 6.33. The molecule has 0 aromatic heterocycles. The summed E-state index contributed by atoms with van der Waals surface area (Å²) < 4.78 is 0. The lowest BCUT2D eigenvalue weighted by atomic mass is 10.2. The Morgan fingerprint density at radius 3 is 1.75 bits per heavy atom. The lowest BCUT2D eigenvalue weighted by molar-refractivity contribution is -0.441. The second-order valence-corrected chi connectivity index (χ2v) is 2.94. The summed E-state index contributed by atoms with van der Waals surface area (Å²) in [4.78, 5) is 28.1. The third-order valence-electron chi connectivity index (χ3n) is 1.64. The van der Waals surface area contributed by atoms with E-state index in [4.69, 9.17) is 11.6 Å². The molecule has 0 saturated carbocycles. The topological polar surface area (TPSA) is 129 Å². The predicted molar refractivity (Wildman–Crippen MR) is 51.4 cm³/mol. The van der Waals surface area contributed by atoms with Crippen molar-refractivity contribution in [2.24, 2.45) is 0 Å². The quantitative estimate of drug-likeness (QED) is 0.593. The molecule has 0 spiro atoms. The molecule has 0 aliphatic rings. The average molecular weight is 248 g/mol. The van der Waals surface area contributed by atoms with Gasteiger partial charge in [-0.15, -0.1) is 0 Å². The molecule has 0 radical (unpaired) electrons. The third-order valence-corrected chi connectivity index (χ3v) is 1.95. The molecule has 1 rings (SSSR count). The van der Waals surface area contributed by atoms with Crippen LogP contribution in [0.4, 0.5) is 17.1 Å². The molecule has 10 heteroatoms. The van der Waals surface area contributed by atoms with Gasteiger partial charge in [0.2, 0.25) is 0 Å². The van der Waals surface area contributed by atoms with E-state index in [9.17, 15) is 30.3 Å². The summed E-state index contributed by atoms with van der Waals surface area (Å²) >= 11 is 5.38. The Balaban J connectivity index is 3.70. The van der Waals surface area contributed by atoms with E-state index in [1.807, 2.05) is 0 Å². The molecule has 0 aliphatic carbocycles. The molecule has 16 heavy (non-hydrogen) atoms. The number of nitro benzene ring substituents is 3. The standard InChI is InChI=1S/C6H2ClN3O6/c7-3-1-2-4(8(11)12)6(10(15)16)5(3)9(13)14/h1-2H. The van der Waals surface area contributed by atoms with E-state index in [1.165, 1.54) is 0 Å². The minimum absolute atomic E-state index is 0.526. The first-order valence-corrected chi connectivity index (χ1v) is 3.99. The largest absolute Gasteiger partial charge is 0.423 e. The monoisotopic (exact) mass is 247 g/mol. The molecule has 1 aromatic carbocycles. The van der Waals surface area contributed by atoms with Gasteiger partial charge < -0.3 is 0 Å². The van der Waals surface area contributed by atoms with E-state index in [1.54, 1.807) is 0 Å². The summed E-state index contributed by atoms with van der Waals surface area (Å²) in [5.41, 5.74) is -3.27. The van der Waals surface area contributed by atoms with Crippen LogP contribution in [0.2, 0.25) is 5.02 Å². The molecule has 0 atom stereocenters. The van der Waals surface area contributed by atoms with E-state index >= 15 is 0 Å². The van der Waals surface area contributed by atoms with Gasteiger partial charge in [0.1, 0.15) is 5.02 Å². The van der Waals surface area contributed by atoms with Gasteiger partial charge in [0.25, 0.3) is 0 Å². The molecule has 0 heterocycles. The highest BCUT2D eigenvalue weighted by Gasteiger charge is 2.38. The maximum atomic E-state index is 10.5. The van der Waals surface area contributed by atoms with E-state index in [0.717, 1.165) is 12.1 Å². The lowest BCUT2D eigenvalue weighted by Gasteiger charge is -1.97. The minimum Gasteiger partial charge on any atom is -0.258 e. The molecule has 0 amide bonds. The smallest absolute Gasteiger partial charge is 0.258 e. The highest BCUT2D eigenvalue weighted by Crippen LogP contribution is 2.40. The summed E-state index contributed by atoms with van der Waals surface area (Å²) in [6, 6.07) is 1.61. The average Bonchev–Trinajstić information content (AvgIpc) is 2.15. The third kappa shape index (κ3) is 1.88. The second-order valence-electron chi connectivity index (χ2n) is 2.54. The fourth-order valence-electron chi connectivity index (χ4n) is 1.05. The van der Waals surface area contributed by atoms with Crippen LogP contribution in [0.25, 0.3) is 0 Å². The molecule has 0 aliphatic heterocycles. The molecule has 0 bridgehead atoms. The van der Waals surface area contributed by atoms with Crippen LogP contribution in [0.3, 0.4) is 0 Å². The van der Waals surface area contributed by atoms with Crippen LogP contribution in [0, 0.1) is 30.3 Å². The Morgan fingerprint density at radius 2 is 1.38 bits per heavy atom. The number of benzene rings is 1. The minimum atomic E-state index is -1.22. The first-order valence-electron chi connectivity index (χ1n) is 3.62. The summed E-state index contributed by atoms with van der Waals surface area (Å²) in [6.07, 6.45) is 0. The number of halogens is 1. The SMILES string of the molecule is O=[N+]([O-])c1ccc(Cl)c([N+](=O)[O-])c1[N+](=O)[O-]. The molecule has 0 N–H and O–H groups in total. The highest BCUT2D eigenvalue weighted by atomic mass is 35.5. The number of rotatable bonds is 3. The maximum absolute atomic E-state index is 10.5. The fraction of sp³-hybridized carbons (Fsp3) is 0. The van der Waals surface area contributed by atoms with Crippen molar-refractivity contribution >= 4 is 28.7 Å². The van der Waals surface area contributed by atoms with E-state index in [-0.39, 0.29) is 0 Å². The van der Waals surface area contributed by atoms with Crippen molar-refractivity contribution < 1.29 is 14.8 Å². The first-order chi connectivity index (χ1) is 7.36. The zero-order chi connectivity index (χ0) is 12.5. The predicted octanol–water partition coefficient (Wildman–Crippen LogP) is 2.06. The molecule has 0 unspecified atom stereocenters. The van der Waals surface area contributed by atoms with E-state index < -0.39 is 36.9 Å². The van der Waals surface area contributed by atoms with Gasteiger partial charge in [0.15, 0.2) is 0 Å². The zero-order valence-electron chi connectivity index (χ0n) is 7.32. The van der Waals surface area contributed by atoms with Crippen molar-refractivity contribution in [1.29, 1.82) is 0 Å². The first kappa shape index (κ1) is 11.8. The zero-order valence-corrected chi connectivity index (χ0v) is 8.08. The normalized spacial score (nSPS) is 9.81. The van der Waals surface area contributed by atoms with Crippen LogP contribution in [-0.4, -0.2) is 14.8 Å². The van der Waals surface area contributed by atoms with Gasteiger partial charge in [-0.1, -0.05) is 11.6 Å². The number of nitrogens with zero attached hydrogens (tertiary/aromatic N) is 3. The molecule has 84 valence electrons. The van der Waals surface area contributed by atoms with Crippen LogP contribution in [0.1, 0.15) is 0 Å². The van der Waals surface area contributed by atoms with Gasteiger partial charge in [-0.3, -0.25) is 30.3 Å². The van der Waals surface area contributed by atoms with Crippen LogP contribution in [-0.2, 0) is 0 Å². The van der Waals surface area contributed by atoms with Gasteiger partial charge in [-0.05, 0) is 6.07 Å². The Bertz CT molecular complexity index is 501. The lowest BCUT2D eigenvalue weighted by Crippen LogP contribution is -2.01. The Labute approximate surface area is 91.7 Å². The van der Waals surface area contributed by atoms with Crippen molar-refractivity contribution in [2.75, 3.05) is 0 Å². The molecule has 0 saturated heterocycles. The second kappa shape index (κ2) is 4.06. The Hall–Kier alpha value is -2.29. The molecule has 1 aromatic rings. The molecular formula is C6H2ClN3O6. The van der Waals surface area contributed by atoms with Crippen LogP contribution in [0.15, 0.2) is 12.1 Å².